The number of nitrogens with zero attached hydrogens (tertiary/aromatic N) is 2. The lowest BCUT2D eigenvalue weighted by atomic mass is 9.85. The molecule has 0 spiro atoms. The van der Waals surface area contributed by atoms with E-state index in [1.54, 1.807) is 37.6 Å². The molecule has 44 heavy (non-hydrogen) atoms. The van der Waals surface area contributed by atoms with Crippen LogP contribution in [-0.2, 0) is 20.9 Å². The molecule has 1 aromatic carbocycles. The fourth-order valence-corrected chi connectivity index (χ4v) is 6.16. The molecule has 0 bridgehead atoms. The number of aliphatic hydroxyl groups is 1. The number of aromatic nitrogens is 1. The van der Waals surface area contributed by atoms with Crippen molar-refractivity contribution >= 4 is 29.1 Å². The zero-order chi connectivity index (χ0) is 32.1. The highest BCUT2D eigenvalue weighted by molar-refractivity contribution is 7.13. The van der Waals surface area contributed by atoms with E-state index in [0.29, 0.717) is 18.9 Å². The van der Waals surface area contributed by atoms with Gasteiger partial charge >= 0.3 is 0 Å². The first-order valence-corrected chi connectivity index (χ1v) is 16.3. The largest absolute Gasteiger partial charge is 0.493 e. The molecule has 1 saturated carbocycles. The Morgan fingerprint density at radius 2 is 1.95 bits per heavy atom. The van der Waals surface area contributed by atoms with E-state index >= 15 is 0 Å². The van der Waals surface area contributed by atoms with Crippen molar-refractivity contribution in [3.8, 4) is 16.2 Å². The SMILES string of the molecule is Cc1ncsc1-c1ccc(CNC(=O)C2CC(O)CN2C(=O)[C@@H](NC(=O)C2(F)CC2)C(C)(C)C)c(OCCCCCCN)c1. The number of aliphatic hydroxyl groups excluding tert-OH is 1. The van der Waals surface area contributed by atoms with Crippen LogP contribution in [0.5, 0.6) is 5.75 Å². The predicted octanol–water partition coefficient (Wildman–Crippen LogP) is 3.63. The van der Waals surface area contributed by atoms with Crippen molar-refractivity contribution in [1.29, 1.82) is 0 Å². The van der Waals surface area contributed by atoms with Gasteiger partial charge < -0.3 is 31.1 Å². The fourth-order valence-electron chi connectivity index (χ4n) is 5.36. The Morgan fingerprint density at radius 3 is 2.59 bits per heavy atom. The predicted molar refractivity (Wildman–Crippen MR) is 168 cm³/mol. The number of hydrogen-bond donors (Lipinski definition) is 4. The number of unbranched alkanes of at least 4 members (excludes halogenated alkanes) is 3. The number of nitrogens with one attached hydrogen (secondary N) is 2. The van der Waals surface area contributed by atoms with Gasteiger partial charge in [-0.05, 0) is 56.2 Å². The van der Waals surface area contributed by atoms with E-state index in [2.05, 4.69) is 15.6 Å². The summed E-state index contributed by atoms with van der Waals surface area (Å²) < 4.78 is 20.7. The maximum Gasteiger partial charge on any atom is 0.258 e. The van der Waals surface area contributed by atoms with Gasteiger partial charge in [0.15, 0.2) is 5.67 Å². The zero-order valence-corrected chi connectivity index (χ0v) is 27.0. The molecular formula is C32H46FN5O5S. The number of nitrogens with two attached hydrogens (primary N) is 1. The Balaban J connectivity index is 1.46. The Labute approximate surface area is 262 Å². The highest BCUT2D eigenvalue weighted by Crippen LogP contribution is 2.40. The maximum atomic E-state index is 14.5. The lowest BCUT2D eigenvalue weighted by Crippen LogP contribution is -2.59. The molecule has 1 aliphatic heterocycles. The summed E-state index contributed by atoms with van der Waals surface area (Å²) in [5, 5.41) is 16.0. The second-order valence-electron chi connectivity index (χ2n) is 13.0. The van der Waals surface area contributed by atoms with Gasteiger partial charge in [0.1, 0.15) is 17.8 Å². The van der Waals surface area contributed by atoms with Crippen molar-refractivity contribution in [2.45, 2.75) is 103 Å². The molecule has 1 saturated heterocycles. The third-order valence-electron chi connectivity index (χ3n) is 8.23. The number of rotatable bonds is 14. The molecule has 2 aromatic rings. The van der Waals surface area contributed by atoms with Gasteiger partial charge in [-0.3, -0.25) is 14.4 Å². The molecule has 2 aliphatic rings. The molecule has 1 aliphatic carbocycles. The van der Waals surface area contributed by atoms with Gasteiger partial charge in [-0.2, -0.15) is 0 Å². The number of amides is 3. The molecule has 5 N–H and O–H groups in total. The van der Waals surface area contributed by atoms with Crippen LogP contribution in [0.3, 0.4) is 0 Å². The van der Waals surface area contributed by atoms with E-state index in [1.807, 2.05) is 25.1 Å². The van der Waals surface area contributed by atoms with Crippen molar-refractivity contribution in [1.82, 2.24) is 20.5 Å². The van der Waals surface area contributed by atoms with Crippen molar-refractivity contribution in [3.05, 3.63) is 35.0 Å². The highest BCUT2D eigenvalue weighted by Gasteiger charge is 2.53. The minimum atomic E-state index is -1.94. The molecule has 0 radical (unpaired) electrons. The lowest BCUT2D eigenvalue weighted by molar-refractivity contribution is -0.145. The number of carbonyl (C=O) groups excluding carboxylic acids is 3. The number of ether oxygens (including phenoxy) is 1. The van der Waals surface area contributed by atoms with Gasteiger partial charge in [0, 0.05) is 25.1 Å². The van der Waals surface area contributed by atoms with Crippen molar-refractivity contribution in [2.75, 3.05) is 19.7 Å². The number of β-amino-alcohol motifs (C(OH)–C–C–N with tert-alkyl or cyclic N) is 1. The third-order valence-corrected chi connectivity index (χ3v) is 9.21. The first-order valence-electron chi connectivity index (χ1n) is 15.5. The standard InChI is InChI=1S/C32H46FN5O5S/c1-20-26(44-19-36-20)21-9-10-22(25(15-21)43-14-8-6-5-7-13-34)17-35-28(40)24-16-23(39)18-38(24)29(41)27(31(2,3)4)37-30(42)32(33)11-12-32/h9-10,15,19,23-24,27,39H,5-8,11-14,16-18,34H2,1-4H3,(H,35,40)(H,37,42)/t23?,24?,27-/m1/s1. The van der Waals surface area contributed by atoms with Crippen LogP contribution in [-0.4, -0.2) is 76.3 Å². The number of halogens is 1. The van der Waals surface area contributed by atoms with Gasteiger partial charge in [-0.1, -0.05) is 45.7 Å². The van der Waals surface area contributed by atoms with Crippen molar-refractivity contribution < 1.29 is 28.6 Å². The first kappa shape index (κ1) is 33.8. The Bertz CT molecular complexity index is 1320. The van der Waals surface area contributed by atoms with E-state index < -0.39 is 47.0 Å². The van der Waals surface area contributed by atoms with Gasteiger partial charge in [0.2, 0.25) is 11.8 Å². The smallest absolute Gasteiger partial charge is 0.258 e. The molecule has 2 fully saturated rings. The Kier molecular flexibility index (Phi) is 11.0. The number of thiazole rings is 1. The van der Waals surface area contributed by atoms with E-state index in [0.717, 1.165) is 47.4 Å². The summed E-state index contributed by atoms with van der Waals surface area (Å²) >= 11 is 1.55. The highest BCUT2D eigenvalue weighted by atomic mass is 32.1. The van der Waals surface area contributed by atoms with Gasteiger partial charge in [-0.25, -0.2) is 9.37 Å². The molecule has 12 heteroatoms. The number of alkyl halides is 1. The van der Waals surface area contributed by atoms with Crippen LogP contribution >= 0.6 is 11.3 Å². The average Bonchev–Trinajstić information content (AvgIpc) is 3.38. The van der Waals surface area contributed by atoms with E-state index in [4.69, 9.17) is 10.5 Å². The summed E-state index contributed by atoms with van der Waals surface area (Å²) in [6.45, 7) is 8.56. The molecule has 3 amide bonds. The number of likely N-dealkylation sites (tertiary alicyclic amines) is 1. The van der Waals surface area contributed by atoms with E-state index in [9.17, 15) is 23.9 Å². The molecule has 2 heterocycles. The molecule has 10 nitrogen and oxygen atoms in total. The van der Waals surface area contributed by atoms with Crippen LogP contribution in [0.2, 0.25) is 0 Å². The molecule has 1 aromatic heterocycles. The second-order valence-corrected chi connectivity index (χ2v) is 13.8. The third kappa shape index (κ3) is 8.33. The molecule has 242 valence electrons. The summed E-state index contributed by atoms with van der Waals surface area (Å²) in [6.07, 6.45) is 3.32. The van der Waals surface area contributed by atoms with Crippen LogP contribution in [0.25, 0.3) is 10.4 Å². The average molecular weight is 632 g/mol. The first-order chi connectivity index (χ1) is 20.8. The zero-order valence-electron chi connectivity index (χ0n) is 26.2. The summed E-state index contributed by atoms with van der Waals surface area (Å²) in [7, 11) is 0. The second kappa shape index (κ2) is 14.3. The normalized spacial score (nSPS) is 19.8. The van der Waals surface area contributed by atoms with Crippen LogP contribution in [0.1, 0.15) is 77.0 Å². The number of aryl methyl sites for hydroxylation is 1. The van der Waals surface area contributed by atoms with Crippen LogP contribution in [0.4, 0.5) is 4.39 Å². The molecular weight excluding hydrogens is 585 g/mol. The summed E-state index contributed by atoms with van der Waals surface area (Å²) in [4.78, 5) is 46.4. The number of carbonyl (C=O) groups is 3. The topological polar surface area (TPSA) is 147 Å². The van der Waals surface area contributed by atoms with Crippen LogP contribution in [0, 0.1) is 12.3 Å². The number of benzene rings is 1. The molecule has 2 unspecified atom stereocenters. The fraction of sp³-hybridized carbons (Fsp3) is 0.625. The van der Waals surface area contributed by atoms with Crippen LogP contribution < -0.4 is 21.1 Å². The monoisotopic (exact) mass is 631 g/mol. The van der Waals surface area contributed by atoms with Gasteiger partial charge in [0.05, 0.1) is 28.8 Å². The minimum absolute atomic E-state index is 0.0540. The quantitative estimate of drug-likeness (QED) is 0.233. The molecule has 4 rings (SSSR count). The number of hydrogen-bond acceptors (Lipinski definition) is 8. The van der Waals surface area contributed by atoms with Crippen LogP contribution in [0.15, 0.2) is 23.7 Å². The van der Waals surface area contributed by atoms with Crippen molar-refractivity contribution in [2.24, 2.45) is 11.1 Å². The summed E-state index contributed by atoms with van der Waals surface area (Å²) in [5.74, 6) is -1.09. The lowest BCUT2D eigenvalue weighted by Gasteiger charge is -2.35. The maximum absolute atomic E-state index is 14.5. The Hall–Kier alpha value is -3.09. The van der Waals surface area contributed by atoms with E-state index in [-0.39, 0.29) is 32.4 Å². The Morgan fingerprint density at radius 1 is 1.23 bits per heavy atom. The van der Waals surface area contributed by atoms with E-state index in [1.165, 1.54) is 4.90 Å². The minimum Gasteiger partial charge on any atom is -0.493 e. The summed E-state index contributed by atoms with van der Waals surface area (Å²) in [5.41, 5.74) is 7.40. The van der Waals surface area contributed by atoms with Gasteiger partial charge in [0.25, 0.3) is 5.91 Å². The van der Waals surface area contributed by atoms with Gasteiger partial charge in [-0.15, -0.1) is 11.3 Å². The van der Waals surface area contributed by atoms with Crippen molar-refractivity contribution in [3.63, 3.8) is 0 Å². The summed E-state index contributed by atoms with van der Waals surface area (Å²) in [6, 6.07) is 3.85. The molecule has 3 atom stereocenters.